The van der Waals surface area contributed by atoms with E-state index in [2.05, 4.69) is 20.6 Å². The van der Waals surface area contributed by atoms with E-state index in [0.717, 1.165) is 5.56 Å². The topological polar surface area (TPSA) is 85.4 Å². The minimum Gasteiger partial charge on any atom is -0.481 e. The number of hydrogen-bond acceptors (Lipinski definition) is 6. The second-order valence-electron chi connectivity index (χ2n) is 3.96. The van der Waals surface area contributed by atoms with Crippen molar-refractivity contribution < 1.29 is 14.3 Å². The minimum atomic E-state index is 0.0655. The molecule has 98 valence electrons. The maximum absolute atomic E-state index is 11.1. The molecule has 1 unspecified atom stereocenters. The number of ether oxygens (including phenoxy) is 2. The van der Waals surface area contributed by atoms with Crippen LogP contribution < -0.4 is 20.1 Å². The van der Waals surface area contributed by atoms with Crippen LogP contribution in [0.1, 0.15) is 12.0 Å². The van der Waals surface area contributed by atoms with Gasteiger partial charge in [-0.2, -0.15) is 0 Å². The number of nitrogens with zero attached hydrogens (tertiary/aromatic N) is 2. The van der Waals surface area contributed by atoms with Gasteiger partial charge in [0.2, 0.25) is 17.7 Å². The molecule has 1 aliphatic rings. The number of carbonyl (C=O) groups excluding carboxylic acids is 1. The van der Waals surface area contributed by atoms with Crippen LogP contribution in [0.25, 0.3) is 0 Å². The highest BCUT2D eigenvalue weighted by Crippen LogP contribution is 2.23. The monoisotopic (exact) mass is 252 g/mol. The van der Waals surface area contributed by atoms with Crippen LogP contribution in [0.15, 0.2) is 6.33 Å². The predicted octanol–water partition coefficient (Wildman–Crippen LogP) is -0.528. The van der Waals surface area contributed by atoms with Crippen molar-refractivity contribution in [2.45, 2.75) is 19.0 Å². The zero-order valence-electron chi connectivity index (χ0n) is 10.4. The lowest BCUT2D eigenvalue weighted by molar-refractivity contribution is -0.119. The van der Waals surface area contributed by atoms with Crippen molar-refractivity contribution in [3.8, 4) is 11.8 Å². The fourth-order valence-corrected chi connectivity index (χ4v) is 1.88. The molecule has 1 aromatic rings. The minimum absolute atomic E-state index is 0.0655. The molecule has 7 nitrogen and oxygen atoms in total. The van der Waals surface area contributed by atoms with Crippen molar-refractivity contribution in [1.29, 1.82) is 0 Å². The molecule has 0 saturated carbocycles. The number of rotatable bonds is 5. The van der Waals surface area contributed by atoms with E-state index in [1.807, 2.05) is 0 Å². The fourth-order valence-electron chi connectivity index (χ4n) is 1.88. The highest BCUT2D eigenvalue weighted by Gasteiger charge is 2.22. The second-order valence-corrected chi connectivity index (χ2v) is 3.96. The number of nitrogens with one attached hydrogen (secondary N) is 2. The largest absolute Gasteiger partial charge is 0.481 e. The van der Waals surface area contributed by atoms with Gasteiger partial charge < -0.3 is 20.1 Å². The molecule has 1 atom stereocenters. The first-order valence-corrected chi connectivity index (χ1v) is 5.66. The maximum atomic E-state index is 11.1. The molecule has 1 aliphatic heterocycles. The van der Waals surface area contributed by atoms with E-state index in [9.17, 15) is 4.79 Å². The normalized spacial score (nSPS) is 18.6. The Labute approximate surface area is 105 Å². The zero-order valence-corrected chi connectivity index (χ0v) is 10.4. The summed E-state index contributed by atoms with van der Waals surface area (Å²) in [7, 11) is 3.10. The molecule has 1 saturated heterocycles. The number of hydrogen-bond donors (Lipinski definition) is 2. The summed E-state index contributed by atoms with van der Waals surface area (Å²) in [5.74, 6) is 1.02. The Kier molecular flexibility index (Phi) is 3.93. The van der Waals surface area contributed by atoms with Gasteiger partial charge in [-0.05, 0) is 0 Å². The van der Waals surface area contributed by atoms with E-state index in [0.29, 0.717) is 31.3 Å². The van der Waals surface area contributed by atoms with Gasteiger partial charge in [0.05, 0.1) is 19.8 Å². The molecule has 2 rings (SSSR count). The van der Waals surface area contributed by atoms with Crippen molar-refractivity contribution in [1.82, 2.24) is 20.6 Å². The molecule has 0 spiro atoms. The summed E-state index contributed by atoms with van der Waals surface area (Å²) in [4.78, 5) is 19.1. The zero-order chi connectivity index (χ0) is 13.0. The van der Waals surface area contributed by atoms with Gasteiger partial charge in [-0.3, -0.25) is 4.79 Å². The van der Waals surface area contributed by atoms with Crippen molar-refractivity contribution in [2.24, 2.45) is 0 Å². The Morgan fingerprint density at radius 3 is 2.56 bits per heavy atom. The Morgan fingerprint density at radius 2 is 2.06 bits per heavy atom. The van der Waals surface area contributed by atoms with Crippen LogP contribution in [0.4, 0.5) is 0 Å². The molecule has 7 heteroatoms. The molecule has 1 fully saturated rings. The van der Waals surface area contributed by atoms with Gasteiger partial charge in [-0.15, -0.1) is 0 Å². The van der Waals surface area contributed by atoms with Crippen LogP contribution in [-0.2, 0) is 11.3 Å². The van der Waals surface area contributed by atoms with E-state index in [-0.39, 0.29) is 11.9 Å². The lowest BCUT2D eigenvalue weighted by Gasteiger charge is -2.14. The third kappa shape index (κ3) is 2.67. The van der Waals surface area contributed by atoms with Gasteiger partial charge in [-0.25, -0.2) is 9.97 Å². The van der Waals surface area contributed by atoms with E-state index in [1.54, 1.807) is 14.2 Å². The second kappa shape index (κ2) is 5.63. The molecule has 0 aliphatic carbocycles. The fraction of sp³-hybridized carbons (Fsp3) is 0.545. The molecular weight excluding hydrogens is 236 g/mol. The third-order valence-electron chi connectivity index (χ3n) is 2.80. The highest BCUT2D eigenvalue weighted by molar-refractivity contribution is 5.78. The quantitative estimate of drug-likeness (QED) is 0.733. The first-order valence-electron chi connectivity index (χ1n) is 5.66. The smallest absolute Gasteiger partial charge is 0.224 e. The molecule has 2 N–H and O–H groups in total. The molecular formula is C11H16N4O3. The standard InChI is InChI=1S/C11H16N4O3/c1-17-10-8(11(18-2)15-6-14-10)5-12-7-3-9(16)13-4-7/h6-7,12H,3-5H2,1-2H3,(H,13,16). The van der Waals surface area contributed by atoms with Crippen LogP contribution in [0.5, 0.6) is 11.8 Å². The molecule has 1 amide bonds. The summed E-state index contributed by atoms with van der Waals surface area (Å²) < 4.78 is 10.3. The van der Waals surface area contributed by atoms with Crippen LogP contribution >= 0.6 is 0 Å². The van der Waals surface area contributed by atoms with Crippen LogP contribution in [-0.4, -0.2) is 42.7 Å². The van der Waals surface area contributed by atoms with Gasteiger partial charge in [-0.1, -0.05) is 0 Å². The Bertz CT molecular complexity index is 416. The Morgan fingerprint density at radius 1 is 1.39 bits per heavy atom. The van der Waals surface area contributed by atoms with Crippen LogP contribution in [0.3, 0.4) is 0 Å². The van der Waals surface area contributed by atoms with Gasteiger partial charge in [0.1, 0.15) is 6.33 Å². The van der Waals surface area contributed by atoms with Gasteiger partial charge >= 0.3 is 0 Å². The van der Waals surface area contributed by atoms with E-state index in [4.69, 9.17) is 9.47 Å². The SMILES string of the molecule is COc1ncnc(OC)c1CNC1CNC(=O)C1. The van der Waals surface area contributed by atoms with Crippen LogP contribution in [0.2, 0.25) is 0 Å². The number of carbonyl (C=O) groups is 1. The first kappa shape index (κ1) is 12.6. The van der Waals surface area contributed by atoms with Crippen LogP contribution in [0, 0.1) is 0 Å². The average molecular weight is 252 g/mol. The summed E-state index contributed by atoms with van der Waals surface area (Å²) >= 11 is 0. The summed E-state index contributed by atoms with van der Waals surface area (Å²) in [6.07, 6.45) is 1.88. The Hall–Kier alpha value is -1.89. The van der Waals surface area contributed by atoms with Gasteiger partial charge in [0.25, 0.3) is 0 Å². The van der Waals surface area contributed by atoms with Crippen molar-refractivity contribution >= 4 is 5.91 Å². The highest BCUT2D eigenvalue weighted by atomic mass is 16.5. The van der Waals surface area contributed by atoms with E-state index < -0.39 is 0 Å². The van der Waals surface area contributed by atoms with E-state index in [1.165, 1.54) is 6.33 Å². The number of aromatic nitrogens is 2. The third-order valence-corrected chi connectivity index (χ3v) is 2.80. The molecule has 0 aromatic carbocycles. The molecule has 18 heavy (non-hydrogen) atoms. The summed E-state index contributed by atoms with van der Waals surface area (Å²) in [5, 5.41) is 6.02. The molecule has 0 radical (unpaired) electrons. The van der Waals surface area contributed by atoms with E-state index >= 15 is 0 Å². The predicted molar refractivity (Wildman–Crippen MR) is 63.4 cm³/mol. The molecule has 0 bridgehead atoms. The summed E-state index contributed by atoms with van der Waals surface area (Å²) in [5.41, 5.74) is 0.752. The molecule has 2 heterocycles. The van der Waals surface area contributed by atoms with Crippen molar-refractivity contribution in [3.63, 3.8) is 0 Å². The van der Waals surface area contributed by atoms with Gasteiger partial charge in [0.15, 0.2) is 0 Å². The lowest BCUT2D eigenvalue weighted by atomic mass is 10.2. The maximum Gasteiger partial charge on any atom is 0.224 e. The number of methoxy groups -OCH3 is 2. The van der Waals surface area contributed by atoms with Gasteiger partial charge in [0, 0.05) is 25.6 Å². The lowest BCUT2D eigenvalue weighted by Crippen LogP contribution is -2.30. The van der Waals surface area contributed by atoms with Crippen molar-refractivity contribution in [2.75, 3.05) is 20.8 Å². The first-order chi connectivity index (χ1) is 8.74. The van der Waals surface area contributed by atoms with Crippen molar-refractivity contribution in [3.05, 3.63) is 11.9 Å². The average Bonchev–Trinajstić information content (AvgIpc) is 2.81. The molecule has 1 aromatic heterocycles. The number of amides is 1. The summed E-state index contributed by atoms with van der Waals surface area (Å²) in [6, 6.07) is 0.118. The summed E-state index contributed by atoms with van der Waals surface area (Å²) in [6.45, 7) is 1.13. The Balaban J connectivity index is 2.05.